The Morgan fingerprint density at radius 1 is 1.20 bits per heavy atom. The molecular weight excluding hydrogens is 352 g/mol. The SMILES string of the molecule is FC(F)Oc1ccccc1NCc1ccc(Br)cc1Cl. The molecule has 20 heavy (non-hydrogen) atoms. The maximum absolute atomic E-state index is 12.3. The summed E-state index contributed by atoms with van der Waals surface area (Å²) in [7, 11) is 0. The standard InChI is InChI=1S/C14H11BrClF2NO/c15-10-6-5-9(11(16)7-10)8-19-12-3-1-2-4-13(12)20-14(17)18/h1-7,14,19H,8H2. The fourth-order valence-electron chi connectivity index (χ4n) is 1.67. The van der Waals surface area contributed by atoms with Gasteiger partial charge < -0.3 is 10.1 Å². The van der Waals surface area contributed by atoms with Gasteiger partial charge in [-0.25, -0.2) is 0 Å². The average Bonchev–Trinajstić information content (AvgIpc) is 2.39. The van der Waals surface area contributed by atoms with Gasteiger partial charge in [-0.15, -0.1) is 0 Å². The molecule has 0 unspecified atom stereocenters. The van der Waals surface area contributed by atoms with Crippen LogP contribution < -0.4 is 10.1 Å². The molecule has 2 nitrogen and oxygen atoms in total. The van der Waals surface area contributed by atoms with Crippen LogP contribution in [0.2, 0.25) is 5.02 Å². The van der Waals surface area contributed by atoms with Crippen molar-refractivity contribution in [1.29, 1.82) is 0 Å². The Labute approximate surface area is 128 Å². The molecule has 0 aromatic heterocycles. The van der Waals surface area contributed by atoms with Crippen molar-refractivity contribution in [3.8, 4) is 5.75 Å². The smallest absolute Gasteiger partial charge is 0.387 e. The van der Waals surface area contributed by atoms with Gasteiger partial charge in [-0.2, -0.15) is 8.78 Å². The number of para-hydroxylation sites is 2. The molecule has 0 fully saturated rings. The van der Waals surface area contributed by atoms with Crippen molar-refractivity contribution in [3.05, 3.63) is 57.5 Å². The van der Waals surface area contributed by atoms with Gasteiger partial charge in [0.05, 0.1) is 5.69 Å². The van der Waals surface area contributed by atoms with E-state index in [1.807, 2.05) is 12.1 Å². The van der Waals surface area contributed by atoms with Crippen LogP contribution in [-0.2, 0) is 6.54 Å². The van der Waals surface area contributed by atoms with E-state index in [9.17, 15) is 8.78 Å². The zero-order valence-corrected chi connectivity index (χ0v) is 12.6. The van der Waals surface area contributed by atoms with Crippen LogP contribution in [0.15, 0.2) is 46.9 Å². The van der Waals surface area contributed by atoms with Gasteiger partial charge in [0.15, 0.2) is 0 Å². The first kappa shape index (κ1) is 15.1. The first-order valence-corrected chi connectivity index (χ1v) is 6.95. The minimum atomic E-state index is -2.85. The van der Waals surface area contributed by atoms with E-state index in [4.69, 9.17) is 11.6 Å². The third-order valence-electron chi connectivity index (χ3n) is 2.59. The third-order valence-corrected chi connectivity index (χ3v) is 3.43. The van der Waals surface area contributed by atoms with E-state index in [0.717, 1.165) is 10.0 Å². The number of halogens is 4. The molecule has 0 aliphatic rings. The van der Waals surface area contributed by atoms with Gasteiger partial charge in [0.2, 0.25) is 0 Å². The predicted octanol–water partition coefficient (Wildman–Crippen LogP) is 5.32. The van der Waals surface area contributed by atoms with Crippen molar-refractivity contribution in [2.75, 3.05) is 5.32 Å². The van der Waals surface area contributed by atoms with Gasteiger partial charge in [-0.1, -0.05) is 45.7 Å². The monoisotopic (exact) mass is 361 g/mol. The highest BCUT2D eigenvalue weighted by molar-refractivity contribution is 9.10. The van der Waals surface area contributed by atoms with Crippen molar-refractivity contribution in [2.45, 2.75) is 13.2 Å². The Morgan fingerprint density at radius 3 is 2.65 bits per heavy atom. The van der Waals surface area contributed by atoms with Gasteiger partial charge in [0.25, 0.3) is 0 Å². The zero-order chi connectivity index (χ0) is 14.5. The Hall–Kier alpha value is -1.33. The predicted molar refractivity (Wildman–Crippen MR) is 79.6 cm³/mol. The van der Waals surface area contributed by atoms with E-state index in [1.165, 1.54) is 6.07 Å². The molecule has 0 aliphatic heterocycles. The second-order valence-electron chi connectivity index (χ2n) is 3.96. The third kappa shape index (κ3) is 4.08. The topological polar surface area (TPSA) is 21.3 Å². The lowest BCUT2D eigenvalue weighted by molar-refractivity contribution is -0.0493. The first-order chi connectivity index (χ1) is 9.56. The number of hydrogen-bond acceptors (Lipinski definition) is 2. The molecule has 0 spiro atoms. The summed E-state index contributed by atoms with van der Waals surface area (Å²) in [6.07, 6.45) is 0. The molecule has 106 valence electrons. The highest BCUT2D eigenvalue weighted by atomic mass is 79.9. The molecule has 0 saturated heterocycles. The van der Waals surface area contributed by atoms with E-state index in [0.29, 0.717) is 17.3 Å². The molecule has 0 saturated carbocycles. The molecule has 0 atom stereocenters. The van der Waals surface area contributed by atoms with Crippen molar-refractivity contribution in [3.63, 3.8) is 0 Å². The molecule has 6 heteroatoms. The second kappa shape index (κ2) is 6.90. The van der Waals surface area contributed by atoms with Crippen molar-refractivity contribution in [1.82, 2.24) is 0 Å². The lowest BCUT2D eigenvalue weighted by Gasteiger charge is -2.13. The molecule has 2 rings (SSSR count). The van der Waals surface area contributed by atoms with Crippen molar-refractivity contribution in [2.24, 2.45) is 0 Å². The minimum absolute atomic E-state index is 0.107. The summed E-state index contributed by atoms with van der Waals surface area (Å²) in [6.45, 7) is -2.44. The zero-order valence-electron chi connectivity index (χ0n) is 10.2. The van der Waals surface area contributed by atoms with E-state index >= 15 is 0 Å². The molecule has 0 radical (unpaired) electrons. The first-order valence-electron chi connectivity index (χ1n) is 5.78. The maximum Gasteiger partial charge on any atom is 0.387 e. The molecule has 0 aliphatic carbocycles. The fraction of sp³-hybridized carbons (Fsp3) is 0.143. The van der Waals surface area contributed by atoms with E-state index in [2.05, 4.69) is 26.0 Å². The fourth-order valence-corrected chi connectivity index (χ4v) is 2.41. The quantitative estimate of drug-likeness (QED) is 0.777. The summed E-state index contributed by atoms with van der Waals surface area (Å²) < 4.78 is 29.9. The Balaban J connectivity index is 2.10. The van der Waals surface area contributed by atoms with Gasteiger partial charge >= 0.3 is 6.61 Å². The van der Waals surface area contributed by atoms with E-state index in [1.54, 1.807) is 24.3 Å². The summed E-state index contributed by atoms with van der Waals surface area (Å²) in [5.74, 6) is 0.107. The second-order valence-corrected chi connectivity index (χ2v) is 5.29. The van der Waals surface area contributed by atoms with E-state index < -0.39 is 6.61 Å². The summed E-state index contributed by atoms with van der Waals surface area (Å²) in [4.78, 5) is 0. The summed E-state index contributed by atoms with van der Waals surface area (Å²) in [6, 6.07) is 12.0. The Kier molecular flexibility index (Phi) is 5.20. The van der Waals surface area contributed by atoms with Gasteiger partial charge in [0.1, 0.15) is 5.75 Å². The summed E-state index contributed by atoms with van der Waals surface area (Å²) in [5.41, 5.74) is 1.36. The highest BCUT2D eigenvalue weighted by Crippen LogP contribution is 2.27. The number of anilines is 1. The Morgan fingerprint density at radius 2 is 1.95 bits per heavy atom. The Bertz CT molecular complexity index is 595. The van der Waals surface area contributed by atoms with Crippen molar-refractivity contribution < 1.29 is 13.5 Å². The number of nitrogens with one attached hydrogen (secondary N) is 1. The van der Waals surface area contributed by atoms with E-state index in [-0.39, 0.29) is 5.75 Å². The maximum atomic E-state index is 12.3. The summed E-state index contributed by atoms with van der Waals surface area (Å²) in [5, 5.41) is 3.63. The van der Waals surface area contributed by atoms with Crippen LogP contribution in [0.3, 0.4) is 0 Å². The van der Waals surface area contributed by atoms with Crippen molar-refractivity contribution >= 4 is 33.2 Å². The number of alkyl halides is 2. The molecule has 0 amide bonds. The molecule has 2 aromatic carbocycles. The number of hydrogen-bond donors (Lipinski definition) is 1. The lowest BCUT2D eigenvalue weighted by atomic mass is 10.2. The largest absolute Gasteiger partial charge is 0.433 e. The van der Waals surface area contributed by atoms with Crippen LogP contribution in [0.4, 0.5) is 14.5 Å². The molecule has 1 N–H and O–H groups in total. The van der Waals surface area contributed by atoms with Gasteiger partial charge in [0, 0.05) is 16.0 Å². The average molecular weight is 363 g/mol. The molecule has 0 heterocycles. The minimum Gasteiger partial charge on any atom is -0.433 e. The van der Waals surface area contributed by atoms with Crippen LogP contribution in [0.1, 0.15) is 5.56 Å². The van der Waals surface area contributed by atoms with Crippen LogP contribution in [0.25, 0.3) is 0 Å². The summed E-state index contributed by atoms with van der Waals surface area (Å²) >= 11 is 9.42. The van der Waals surface area contributed by atoms with Crippen LogP contribution in [0, 0.1) is 0 Å². The lowest BCUT2D eigenvalue weighted by Crippen LogP contribution is -2.06. The number of benzene rings is 2. The molecule has 2 aromatic rings. The van der Waals surface area contributed by atoms with Crippen LogP contribution in [0.5, 0.6) is 5.75 Å². The van der Waals surface area contributed by atoms with Gasteiger partial charge in [-0.05, 0) is 29.8 Å². The molecule has 0 bridgehead atoms. The number of ether oxygens (including phenoxy) is 1. The van der Waals surface area contributed by atoms with Crippen LogP contribution in [-0.4, -0.2) is 6.61 Å². The normalized spacial score (nSPS) is 10.7. The highest BCUT2D eigenvalue weighted by Gasteiger charge is 2.09. The number of rotatable bonds is 5. The van der Waals surface area contributed by atoms with Crippen LogP contribution >= 0.6 is 27.5 Å². The molecular formula is C14H11BrClF2NO. The van der Waals surface area contributed by atoms with Gasteiger partial charge in [-0.3, -0.25) is 0 Å².